The molecule has 5 rings (SSSR count). The largest absolute Gasteiger partial charge is 0.492 e. The number of piperazine rings is 1. The highest BCUT2D eigenvalue weighted by atomic mass is 35.5. The quantitative estimate of drug-likeness (QED) is 0.500. The van der Waals surface area contributed by atoms with Crippen molar-refractivity contribution in [2.24, 2.45) is 0 Å². The normalized spacial score (nSPS) is 17.0. The van der Waals surface area contributed by atoms with Crippen LogP contribution in [0.5, 0.6) is 5.88 Å². The molecular formula is C21H22ClN5O2S. The van der Waals surface area contributed by atoms with Gasteiger partial charge in [-0.2, -0.15) is 9.50 Å². The number of halogens is 1. The molecule has 0 aliphatic carbocycles. The van der Waals surface area contributed by atoms with Crippen LogP contribution in [0, 0.1) is 0 Å². The smallest absolute Gasteiger partial charge is 0.230 e. The third kappa shape index (κ3) is 3.39. The molecule has 0 saturated carbocycles. The summed E-state index contributed by atoms with van der Waals surface area (Å²) < 4.78 is 6.88. The molecule has 1 aliphatic heterocycles. The predicted octanol–water partition coefficient (Wildman–Crippen LogP) is 4.14. The number of likely N-dealkylation sites (N-methyl/N-ethyl adjacent to an activating group) is 1. The Labute approximate surface area is 183 Å². The van der Waals surface area contributed by atoms with Crippen molar-refractivity contribution < 1.29 is 9.52 Å². The average Bonchev–Trinajstić information content (AvgIpc) is 3.49. The number of hydrogen-bond acceptors (Lipinski definition) is 7. The Hall–Kier alpha value is -2.39. The summed E-state index contributed by atoms with van der Waals surface area (Å²) in [5, 5.41) is 16.3. The molecule has 1 saturated heterocycles. The second-order valence-electron chi connectivity index (χ2n) is 7.29. The van der Waals surface area contributed by atoms with Gasteiger partial charge in [0.15, 0.2) is 5.76 Å². The highest BCUT2D eigenvalue weighted by Gasteiger charge is 2.32. The van der Waals surface area contributed by atoms with Crippen molar-refractivity contribution >= 4 is 27.9 Å². The molecule has 0 spiro atoms. The van der Waals surface area contributed by atoms with E-state index in [1.807, 2.05) is 24.3 Å². The number of benzene rings is 1. The molecular weight excluding hydrogens is 422 g/mol. The summed E-state index contributed by atoms with van der Waals surface area (Å²) in [4.78, 5) is 10.8. The van der Waals surface area contributed by atoms with Gasteiger partial charge in [-0.15, -0.1) is 5.10 Å². The average molecular weight is 444 g/mol. The van der Waals surface area contributed by atoms with Crippen molar-refractivity contribution in [3.05, 3.63) is 58.1 Å². The van der Waals surface area contributed by atoms with Crippen molar-refractivity contribution in [2.45, 2.75) is 13.0 Å². The summed E-state index contributed by atoms with van der Waals surface area (Å²) in [7, 11) is 0. The van der Waals surface area contributed by atoms with Gasteiger partial charge in [0.2, 0.25) is 16.7 Å². The number of nitrogens with zero attached hydrogens (tertiary/aromatic N) is 5. The fraction of sp³-hybridized carbons (Fsp3) is 0.333. The van der Waals surface area contributed by atoms with Crippen LogP contribution >= 0.6 is 22.9 Å². The standard InChI is InChI=1S/C21H22ClN5O2S/c1-2-25-9-11-26(12-10-25)17(14-6-3-4-7-15(14)22)18-20(28)27-21(30-18)23-19(24-27)16-8-5-13-29-16/h3-8,13,17,28H,2,9-12H2,1H3/t17-/m0/s1. The Balaban J connectivity index is 1.57. The van der Waals surface area contributed by atoms with Crippen LogP contribution in [-0.4, -0.2) is 62.2 Å². The molecule has 9 heteroatoms. The molecule has 0 unspecified atom stereocenters. The van der Waals surface area contributed by atoms with Crippen LogP contribution in [0.2, 0.25) is 5.02 Å². The summed E-state index contributed by atoms with van der Waals surface area (Å²) in [6.45, 7) is 7.00. The van der Waals surface area contributed by atoms with Gasteiger partial charge >= 0.3 is 0 Å². The lowest BCUT2D eigenvalue weighted by Crippen LogP contribution is -2.47. The van der Waals surface area contributed by atoms with E-state index in [9.17, 15) is 5.11 Å². The van der Waals surface area contributed by atoms with Gasteiger partial charge in [0.1, 0.15) is 0 Å². The first kappa shape index (κ1) is 19.6. The molecule has 1 aromatic carbocycles. The van der Waals surface area contributed by atoms with Gasteiger partial charge in [0, 0.05) is 31.2 Å². The van der Waals surface area contributed by atoms with Gasteiger partial charge in [0.05, 0.1) is 17.2 Å². The maximum absolute atomic E-state index is 11.1. The Bertz CT molecular complexity index is 1150. The topological polar surface area (TPSA) is 70.0 Å². The van der Waals surface area contributed by atoms with Gasteiger partial charge in [-0.1, -0.05) is 48.1 Å². The Morgan fingerprint density at radius 1 is 1.17 bits per heavy atom. The van der Waals surface area contributed by atoms with Crippen molar-refractivity contribution in [2.75, 3.05) is 32.7 Å². The minimum atomic E-state index is -0.154. The van der Waals surface area contributed by atoms with Crippen LogP contribution in [0.3, 0.4) is 0 Å². The van der Waals surface area contributed by atoms with E-state index in [1.165, 1.54) is 15.9 Å². The molecule has 1 aliphatic rings. The minimum absolute atomic E-state index is 0.100. The number of thiazole rings is 1. The molecule has 7 nitrogen and oxygen atoms in total. The van der Waals surface area contributed by atoms with E-state index in [-0.39, 0.29) is 11.9 Å². The lowest BCUT2D eigenvalue weighted by atomic mass is 10.0. The van der Waals surface area contributed by atoms with Gasteiger partial charge in [-0.25, -0.2) is 0 Å². The van der Waals surface area contributed by atoms with Gasteiger partial charge < -0.3 is 14.4 Å². The number of fused-ring (bicyclic) bond motifs is 1. The lowest BCUT2D eigenvalue weighted by Gasteiger charge is -2.39. The third-order valence-electron chi connectivity index (χ3n) is 5.61. The number of hydrogen-bond donors (Lipinski definition) is 1. The van der Waals surface area contributed by atoms with E-state index in [4.69, 9.17) is 16.0 Å². The summed E-state index contributed by atoms with van der Waals surface area (Å²) >= 11 is 8.03. The second kappa shape index (κ2) is 8.03. The van der Waals surface area contributed by atoms with Crippen molar-refractivity contribution in [1.82, 2.24) is 24.4 Å². The molecule has 0 amide bonds. The third-order valence-corrected chi connectivity index (χ3v) is 7.03. The zero-order valence-corrected chi connectivity index (χ0v) is 18.1. The van der Waals surface area contributed by atoms with Crippen LogP contribution < -0.4 is 0 Å². The van der Waals surface area contributed by atoms with E-state index in [2.05, 4.69) is 26.8 Å². The zero-order chi connectivity index (χ0) is 20.7. The summed E-state index contributed by atoms with van der Waals surface area (Å²) in [5.41, 5.74) is 0.982. The molecule has 0 bridgehead atoms. The Morgan fingerprint density at radius 3 is 2.63 bits per heavy atom. The van der Waals surface area contributed by atoms with Crippen LogP contribution in [0.25, 0.3) is 16.5 Å². The van der Waals surface area contributed by atoms with E-state index < -0.39 is 0 Å². The number of aromatic hydroxyl groups is 1. The maximum atomic E-state index is 11.1. The molecule has 30 heavy (non-hydrogen) atoms. The summed E-state index contributed by atoms with van der Waals surface area (Å²) in [6, 6.07) is 11.3. The minimum Gasteiger partial charge on any atom is -0.492 e. The molecule has 1 fully saturated rings. The first-order chi connectivity index (χ1) is 14.7. The van der Waals surface area contributed by atoms with E-state index in [1.54, 1.807) is 18.4 Å². The fourth-order valence-electron chi connectivity index (χ4n) is 3.98. The number of aromatic nitrogens is 3. The summed E-state index contributed by atoms with van der Waals surface area (Å²) in [6.07, 6.45) is 1.58. The van der Waals surface area contributed by atoms with Gasteiger partial charge in [-0.3, -0.25) is 4.90 Å². The highest BCUT2D eigenvalue weighted by molar-refractivity contribution is 7.17. The Kier molecular flexibility index (Phi) is 5.24. The first-order valence-electron chi connectivity index (χ1n) is 9.99. The summed E-state index contributed by atoms with van der Waals surface area (Å²) in [5.74, 6) is 1.13. The number of rotatable bonds is 5. The monoisotopic (exact) mass is 443 g/mol. The van der Waals surface area contributed by atoms with Crippen LogP contribution in [0.15, 0.2) is 47.1 Å². The van der Waals surface area contributed by atoms with Gasteiger partial charge in [-0.05, 0) is 30.3 Å². The second-order valence-corrected chi connectivity index (χ2v) is 8.71. The highest BCUT2D eigenvalue weighted by Crippen LogP contribution is 2.42. The van der Waals surface area contributed by atoms with Crippen LogP contribution in [0.4, 0.5) is 0 Å². The molecule has 156 valence electrons. The van der Waals surface area contributed by atoms with Crippen LogP contribution in [0.1, 0.15) is 23.4 Å². The van der Waals surface area contributed by atoms with Crippen molar-refractivity contribution in [1.29, 1.82) is 0 Å². The molecule has 3 aromatic heterocycles. The molecule has 4 heterocycles. The first-order valence-corrected chi connectivity index (χ1v) is 11.2. The van der Waals surface area contributed by atoms with E-state index in [0.29, 0.717) is 21.6 Å². The predicted molar refractivity (Wildman–Crippen MR) is 117 cm³/mol. The molecule has 1 N–H and O–H groups in total. The molecule has 1 atom stereocenters. The van der Waals surface area contributed by atoms with Crippen molar-refractivity contribution in [3.63, 3.8) is 0 Å². The lowest BCUT2D eigenvalue weighted by molar-refractivity contribution is 0.113. The molecule has 4 aromatic rings. The number of furan rings is 1. The molecule has 0 radical (unpaired) electrons. The maximum Gasteiger partial charge on any atom is 0.230 e. The van der Waals surface area contributed by atoms with Gasteiger partial charge in [0.25, 0.3) is 0 Å². The van der Waals surface area contributed by atoms with Crippen molar-refractivity contribution in [3.8, 4) is 17.5 Å². The fourth-order valence-corrected chi connectivity index (χ4v) is 5.32. The SMILES string of the molecule is CCN1CCN([C@@H](c2ccccc2Cl)c2sc3nc(-c4ccco4)nn3c2O)CC1. The van der Waals surface area contributed by atoms with Crippen LogP contribution in [-0.2, 0) is 0 Å². The van der Waals surface area contributed by atoms with E-state index in [0.717, 1.165) is 43.2 Å². The van der Waals surface area contributed by atoms with E-state index >= 15 is 0 Å². The zero-order valence-electron chi connectivity index (χ0n) is 16.5. The Morgan fingerprint density at radius 2 is 1.97 bits per heavy atom.